The molecule has 6 heteroatoms. The average Bonchev–Trinajstić information content (AvgIpc) is 3.32. The highest BCUT2D eigenvalue weighted by Crippen LogP contribution is 2.38. The van der Waals surface area contributed by atoms with Crippen LogP contribution < -0.4 is 5.32 Å². The van der Waals surface area contributed by atoms with Crippen molar-refractivity contribution >= 4 is 29.3 Å². The lowest BCUT2D eigenvalue weighted by atomic mass is 10.0. The molecule has 1 heterocycles. The number of nitrogens with one attached hydrogen (secondary N) is 1. The predicted molar refractivity (Wildman–Crippen MR) is 149 cm³/mol. The molecule has 0 aliphatic carbocycles. The number of thioether (sulfide) groups is 1. The molecule has 0 saturated heterocycles. The minimum Gasteiger partial charge on any atom is -0.351 e. The molecular weight excluding hydrogens is 486 g/mol. The molecule has 1 amide bonds. The molecule has 0 aliphatic rings. The monoisotopic (exact) mass is 509 g/mol. The van der Waals surface area contributed by atoms with Crippen LogP contribution in [0.15, 0.2) is 120 Å². The maximum absolute atomic E-state index is 12.6. The van der Waals surface area contributed by atoms with Crippen LogP contribution >= 0.6 is 23.4 Å². The molecule has 0 bridgehead atoms. The predicted octanol–water partition coefficient (Wildman–Crippen LogP) is 7.38. The number of benzene rings is 4. The van der Waals surface area contributed by atoms with Crippen LogP contribution in [0.25, 0.3) is 28.2 Å². The Morgan fingerprint density at radius 3 is 2.03 bits per heavy atom. The third-order valence-electron chi connectivity index (χ3n) is 5.69. The van der Waals surface area contributed by atoms with Crippen molar-refractivity contribution in [2.75, 3.05) is 12.3 Å². The molecule has 0 fully saturated rings. The summed E-state index contributed by atoms with van der Waals surface area (Å²) < 4.78 is 2.21. The molecule has 1 aromatic heterocycles. The minimum atomic E-state index is -0.178. The lowest BCUT2D eigenvalue weighted by Crippen LogP contribution is -2.26. The van der Waals surface area contributed by atoms with Crippen LogP contribution in [0, 0.1) is 0 Å². The summed E-state index contributed by atoms with van der Waals surface area (Å²) in [6.07, 6.45) is 0. The summed E-state index contributed by atoms with van der Waals surface area (Å²) in [5, 5.41) is 4.29. The van der Waals surface area contributed by atoms with E-state index in [1.807, 2.05) is 66.7 Å². The fourth-order valence-electron chi connectivity index (χ4n) is 4.02. The standard InChI is InChI=1S/C30H24ClN3OS/c31-26-19-11-10-18-25(26)29(35)32-20-21-36-30-33-27(22-12-4-1-5-13-22)28(23-14-6-2-7-15-23)34(30)24-16-8-3-9-17-24/h1-19H,20-21H2,(H,32,35). The molecule has 0 saturated carbocycles. The van der Waals surface area contributed by atoms with Crippen LogP contribution in [0.3, 0.4) is 0 Å². The Kier molecular flexibility index (Phi) is 7.50. The summed E-state index contributed by atoms with van der Waals surface area (Å²) in [4.78, 5) is 17.7. The van der Waals surface area contributed by atoms with Gasteiger partial charge in [-0.05, 0) is 24.3 Å². The topological polar surface area (TPSA) is 46.9 Å². The zero-order valence-corrected chi connectivity index (χ0v) is 21.0. The number of carbonyl (C=O) groups is 1. The molecule has 0 unspecified atom stereocenters. The number of hydrogen-bond donors (Lipinski definition) is 1. The molecule has 178 valence electrons. The van der Waals surface area contributed by atoms with E-state index in [0.29, 0.717) is 22.9 Å². The molecule has 0 aliphatic heterocycles. The van der Waals surface area contributed by atoms with Gasteiger partial charge in [-0.3, -0.25) is 9.36 Å². The van der Waals surface area contributed by atoms with E-state index >= 15 is 0 Å². The number of hydrogen-bond acceptors (Lipinski definition) is 3. The Morgan fingerprint density at radius 2 is 1.36 bits per heavy atom. The van der Waals surface area contributed by atoms with Crippen molar-refractivity contribution in [3.63, 3.8) is 0 Å². The smallest absolute Gasteiger partial charge is 0.252 e. The first-order chi connectivity index (χ1) is 17.7. The fourth-order valence-corrected chi connectivity index (χ4v) is 5.11. The number of carbonyl (C=O) groups excluding carboxylic acids is 1. The minimum absolute atomic E-state index is 0.178. The second-order valence-corrected chi connectivity index (χ2v) is 9.55. The Balaban J connectivity index is 1.48. The van der Waals surface area contributed by atoms with Crippen molar-refractivity contribution in [2.24, 2.45) is 0 Å². The van der Waals surface area contributed by atoms with Crippen LogP contribution in [0.4, 0.5) is 0 Å². The van der Waals surface area contributed by atoms with Gasteiger partial charge in [-0.25, -0.2) is 4.98 Å². The van der Waals surface area contributed by atoms with Crippen molar-refractivity contribution in [2.45, 2.75) is 5.16 Å². The number of para-hydroxylation sites is 1. The van der Waals surface area contributed by atoms with Gasteiger partial charge in [0.15, 0.2) is 5.16 Å². The van der Waals surface area contributed by atoms with Crippen molar-refractivity contribution in [1.29, 1.82) is 0 Å². The van der Waals surface area contributed by atoms with Crippen LogP contribution in [0.2, 0.25) is 5.02 Å². The first-order valence-electron chi connectivity index (χ1n) is 11.7. The van der Waals surface area contributed by atoms with Crippen LogP contribution in [0.1, 0.15) is 10.4 Å². The SMILES string of the molecule is O=C(NCCSc1nc(-c2ccccc2)c(-c2ccccc2)n1-c1ccccc1)c1ccccc1Cl. The lowest BCUT2D eigenvalue weighted by Gasteiger charge is -2.13. The molecule has 0 spiro atoms. The van der Waals surface area contributed by atoms with Crippen molar-refractivity contribution in [3.8, 4) is 28.2 Å². The van der Waals surface area contributed by atoms with Crippen molar-refractivity contribution in [3.05, 3.63) is 126 Å². The summed E-state index contributed by atoms with van der Waals surface area (Å²) in [7, 11) is 0. The summed E-state index contributed by atoms with van der Waals surface area (Å²) in [6, 6.07) is 37.9. The molecule has 5 rings (SSSR count). The second-order valence-electron chi connectivity index (χ2n) is 8.08. The number of rotatable bonds is 8. The number of imidazole rings is 1. The highest BCUT2D eigenvalue weighted by atomic mass is 35.5. The first kappa shape index (κ1) is 23.9. The quantitative estimate of drug-likeness (QED) is 0.175. The Morgan fingerprint density at radius 1 is 0.778 bits per heavy atom. The van der Waals surface area contributed by atoms with Crippen molar-refractivity contribution < 1.29 is 4.79 Å². The molecule has 5 aromatic rings. The van der Waals surface area contributed by atoms with Gasteiger partial charge >= 0.3 is 0 Å². The molecule has 36 heavy (non-hydrogen) atoms. The van der Waals surface area contributed by atoms with Crippen molar-refractivity contribution in [1.82, 2.24) is 14.9 Å². The number of aromatic nitrogens is 2. The van der Waals surface area contributed by atoms with E-state index in [-0.39, 0.29) is 5.91 Å². The number of nitrogens with zero attached hydrogens (tertiary/aromatic N) is 2. The second kappa shape index (κ2) is 11.3. The fraction of sp³-hybridized carbons (Fsp3) is 0.0667. The first-order valence-corrected chi connectivity index (χ1v) is 13.0. The molecule has 0 radical (unpaired) electrons. The molecule has 4 aromatic carbocycles. The number of halogens is 1. The van der Waals surface area contributed by atoms with Gasteiger partial charge in [0.05, 0.1) is 22.0 Å². The number of amides is 1. The largest absolute Gasteiger partial charge is 0.351 e. The van der Waals surface area contributed by atoms with E-state index < -0.39 is 0 Å². The lowest BCUT2D eigenvalue weighted by molar-refractivity contribution is 0.0956. The molecule has 4 nitrogen and oxygen atoms in total. The third kappa shape index (κ3) is 5.23. The molecular formula is C30H24ClN3OS. The zero-order valence-electron chi connectivity index (χ0n) is 19.5. The summed E-state index contributed by atoms with van der Waals surface area (Å²) in [6.45, 7) is 0.484. The van der Waals surface area contributed by atoms with E-state index in [4.69, 9.17) is 16.6 Å². The summed E-state index contributed by atoms with van der Waals surface area (Å²) in [5.74, 6) is 0.477. The normalized spacial score (nSPS) is 10.8. The van der Waals surface area contributed by atoms with Gasteiger partial charge in [0.25, 0.3) is 5.91 Å². The zero-order chi connectivity index (χ0) is 24.7. The van der Waals surface area contributed by atoms with E-state index in [0.717, 1.165) is 33.4 Å². The van der Waals surface area contributed by atoms with Gasteiger partial charge in [-0.1, -0.05) is 114 Å². The van der Waals surface area contributed by atoms with Gasteiger partial charge in [0.2, 0.25) is 0 Å². The molecule has 0 atom stereocenters. The summed E-state index contributed by atoms with van der Waals surface area (Å²) in [5.41, 5.74) is 5.62. The van der Waals surface area contributed by atoms with E-state index in [1.54, 1.807) is 23.9 Å². The Hall–Kier alpha value is -3.80. The van der Waals surface area contributed by atoms with Crippen LogP contribution in [-0.4, -0.2) is 27.8 Å². The Bertz CT molecular complexity index is 1450. The van der Waals surface area contributed by atoms with E-state index in [9.17, 15) is 4.79 Å². The van der Waals surface area contributed by atoms with Gasteiger partial charge in [0.1, 0.15) is 0 Å². The summed E-state index contributed by atoms with van der Waals surface area (Å²) >= 11 is 7.79. The van der Waals surface area contributed by atoms with Gasteiger partial charge in [-0.15, -0.1) is 0 Å². The molecule has 1 N–H and O–H groups in total. The third-order valence-corrected chi connectivity index (χ3v) is 6.96. The maximum atomic E-state index is 12.6. The van der Waals surface area contributed by atoms with E-state index in [1.165, 1.54) is 0 Å². The van der Waals surface area contributed by atoms with Crippen LogP contribution in [-0.2, 0) is 0 Å². The Labute approximate surface area is 220 Å². The van der Waals surface area contributed by atoms with Gasteiger partial charge in [0, 0.05) is 29.1 Å². The van der Waals surface area contributed by atoms with Crippen LogP contribution in [0.5, 0.6) is 0 Å². The highest BCUT2D eigenvalue weighted by molar-refractivity contribution is 7.99. The highest BCUT2D eigenvalue weighted by Gasteiger charge is 2.21. The van der Waals surface area contributed by atoms with E-state index in [2.05, 4.69) is 46.3 Å². The van der Waals surface area contributed by atoms with Gasteiger partial charge in [-0.2, -0.15) is 0 Å². The maximum Gasteiger partial charge on any atom is 0.252 e. The average molecular weight is 510 g/mol. The van der Waals surface area contributed by atoms with Gasteiger partial charge < -0.3 is 5.32 Å².